The zero-order chi connectivity index (χ0) is 18.1. The number of guanidine groups is 1. The van der Waals surface area contributed by atoms with Crippen LogP contribution in [0.5, 0.6) is 0 Å². The van der Waals surface area contributed by atoms with Crippen LogP contribution in [0.15, 0.2) is 4.99 Å². The van der Waals surface area contributed by atoms with Crippen molar-refractivity contribution in [3.05, 3.63) is 0 Å². The van der Waals surface area contributed by atoms with Crippen LogP contribution in [-0.2, 0) is 14.6 Å². The van der Waals surface area contributed by atoms with Gasteiger partial charge in [-0.15, -0.1) is 0 Å². The van der Waals surface area contributed by atoms with Gasteiger partial charge in [0.05, 0.1) is 23.2 Å². The lowest BCUT2D eigenvalue weighted by molar-refractivity contribution is 0.0468. The van der Waals surface area contributed by atoms with E-state index in [1.807, 2.05) is 0 Å². The zero-order valence-corrected chi connectivity index (χ0v) is 16.5. The van der Waals surface area contributed by atoms with E-state index in [2.05, 4.69) is 15.6 Å². The van der Waals surface area contributed by atoms with E-state index in [4.69, 9.17) is 4.74 Å². The molecule has 1 aliphatic carbocycles. The Hall–Kier alpha value is -0.820. The van der Waals surface area contributed by atoms with Crippen molar-refractivity contribution in [1.82, 2.24) is 10.6 Å². The van der Waals surface area contributed by atoms with Crippen molar-refractivity contribution >= 4 is 15.8 Å². The molecule has 0 amide bonds. The van der Waals surface area contributed by atoms with Gasteiger partial charge in [-0.3, -0.25) is 4.99 Å². The molecule has 0 bridgehead atoms. The number of nitrogens with one attached hydrogen (secondary N) is 2. The van der Waals surface area contributed by atoms with Crippen LogP contribution in [-0.4, -0.2) is 57.7 Å². The second kappa shape index (κ2) is 10.2. The standard InChI is InChI=1S/C17H35N3O3S/c1-17(2,3)24(21,22)14-12-20-16(18-4)19-11-13-23-15-9-7-5-6-8-10-15/h15H,5-14H2,1-4H3,(H2,18,19,20). The third kappa shape index (κ3) is 7.83. The minimum atomic E-state index is -3.11. The number of hydrogen-bond donors (Lipinski definition) is 2. The summed E-state index contributed by atoms with van der Waals surface area (Å²) in [6, 6.07) is 0. The summed E-state index contributed by atoms with van der Waals surface area (Å²) in [4.78, 5) is 4.11. The molecule has 1 saturated carbocycles. The Kier molecular flexibility index (Phi) is 9.05. The molecule has 0 aromatic carbocycles. The van der Waals surface area contributed by atoms with Gasteiger partial charge in [-0.1, -0.05) is 25.7 Å². The highest BCUT2D eigenvalue weighted by molar-refractivity contribution is 7.92. The molecule has 1 rings (SSSR count). The summed E-state index contributed by atoms with van der Waals surface area (Å²) in [5.41, 5.74) is 0. The Morgan fingerprint density at radius 2 is 1.67 bits per heavy atom. The summed E-state index contributed by atoms with van der Waals surface area (Å²) in [6.45, 7) is 6.83. The van der Waals surface area contributed by atoms with Crippen LogP contribution in [0.25, 0.3) is 0 Å². The average Bonchev–Trinajstić information content (AvgIpc) is 2.77. The number of rotatable bonds is 7. The third-order valence-corrected chi connectivity index (χ3v) is 6.98. The number of hydrogen-bond acceptors (Lipinski definition) is 4. The molecule has 0 unspecified atom stereocenters. The summed E-state index contributed by atoms with van der Waals surface area (Å²) in [7, 11) is -1.43. The number of ether oxygens (including phenoxy) is 1. The van der Waals surface area contributed by atoms with Crippen molar-refractivity contribution in [3.8, 4) is 0 Å². The van der Waals surface area contributed by atoms with Gasteiger partial charge in [-0.25, -0.2) is 8.42 Å². The fraction of sp³-hybridized carbons (Fsp3) is 0.941. The van der Waals surface area contributed by atoms with E-state index in [-0.39, 0.29) is 5.75 Å². The molecule has 0 radical (unpaired) electrons. The molecule has 2 N–H and O–H groups in total. The second-order valence-electron chi connectivity index (χ2n) is 7.34. The molecule has 0 aromatic heterocycles. The van der Waals surface area contributed by atoms with Crippen LogP contribution in [0.4, 0.5) is 0 Å². The fourth-order valence-electron chi connectivity index (χ4n) is 2.63. The lowest BCUT2D eigenvalue weighted by Gasteiger charge is -2.20. The molecular formula is C17H35N3O3S. The first kappa shape index (κ1) is 21.2. The summed E-state index contributed by atoms with van der Waals surface area (Å²) in [5.74, 6) is 0.707. The first-order valence-electron chi connectivity index (χ1n) is 9.04. The quantitative estimate of drug-likeness (QED) is 0.314. The molecule has 0 aliphatic heterocycles. The molecule has 0 spiro atoms. The minimum Gasteiger partial charge on any atom is -0.376 e. The van der Waals surface area contributed by atoms with Gasteiger partial charge in [0.25, 0.3) is 0 Å². The largest absolute Gasteiger partial charge is 0.376 e. The van der Waals surface area contributed by atoms with Crippen molar-refractivity contribution in [2.75, 3.05) is 32.5 Å². The second-order valence-corrected chi connectivity index (χ2v) is 10.2. The average molecular weight is 362 g/mol. The van der Waals surface area contributed by atoms with Gasteiger partial charge in [0.2, 0.25) is 0 Å². The van der Waals surface area contributed by atoms with Gasteiger partial charge in [0.15, 0.2) is 15.8 Å². The van der Waals surface area contributed by atoms with Crippen LogP contribution >= 0.6 is 0 Å². The van der Waals surface area contributed by atoms with Crippen molar-refractivity contribution in [3.63, 3.8) is 0 Å². The van der Waals surface area contributed by atoms with E-state index in [1.54, 1.807) is 27.8 Å². The molecule has 24 heavy (non-hydrogen) atoms. The van der Waals surface area contributed by atoms with Gasteiger partial charge in [-0.05, 0) is 33.6 Å². The van der Waals surface area contributed by atoms with Crippen LogP contribution in [0.1, 0.15) is 59.3 Å². The Morgan fingerprint density at radius 1 is 1.08 bits per heavy atom. The monoisotopic (exact) mass is 361 g/mol. The molecule has 0 atom stereocenters. The third-order valence-electron chi connectivity index (χ3n) is 4.37. The fourth-order valence-corrected chi connectivity index (χ4v) is 3.62. The lowest BCUT2D eigenvalue weighted by atomic mass is 10.1. The molecule has 0 aromatic rings. The maximum Gasteiger partial charge on any atom is 0.191 e. The number of aliphatic imine (C=N–C) groups is 1. The van der Waals surface area contributed by atoms with E-state index in [9.17, 15) is 8.42 Å². The predicted octanol–water partition coefficient (Wildman–Crippen LogP) is 2.10. The van der Waals surface area contributed by atoms with E-state index < -0.39 is 14.6 Å². The Balaban J connectivity index is 2.21. The first-order valence-corrected chi connectivity index (χ1v) is 10.7. The van der Waals surface area contributed by atoms with Gasteiger partial charge in [0.1, 0.15) is 0 Å². The van der Waals surface area contributed by atoms with Crippen LogP contribution < -0.4 is 10.6 Å². The summed E-state index contributed by atoms with van der Waals surface area (Å²) < 4.78 is 29.3. The molecule has 1 fully saturated rings. The molecule has 1 aliphatic rings. The zero-order valence-electron chi connectivity index (χ0n) is 15.7. The Morgan fingerprint density at radius 3 is 2.21 bits per heavy atom. The highest BCUT2D eigenvalue weighted by Crippen LogP contribution is 2.19. The van der Waals surface area contributed by atoms with E-state index in [0.717, 1.165) is 12.8 Å². The number of nitrogens with zero attached hydrogens (tertiary/aromatic N) is 1. The molecule has 0 heterocycles. The van der Waals surface area contributed by atoms with E-state index in [1.165, 1.54) is 25.7 Å². The van der Waals surface area contributed by atoms with Crippen LogP contribution in [0.2, 0.25) is 0 Å². The van der Waals surface area contributed by atoms with Crippen molar-refractivity contribution in [1.29, 1.82) is 0 Å². The van der Waals surface area contributed by atoms with Crippen LogP contribution in [0, 0.1) is 0 Å². The summed E-state index contributed by atoms with van der Waals surface area (Å²) >= 11 is 0. The number of sulfone groups is 1. The molecule has 6 nitrogen and oxygen atoms in total. The van der Waals surface area contributed by atoms with Crippen LogP contribution in [0.3, 0.4) is 0 Å². The predicted molar refractivity (Wildman–Crippen MR) is 100 cm³/mol. The Labute approximate surface area is 147 Å². The van der Waals surface area contributed by atoms with Crippen molar-refractivity contribution in [2.45, 2.75) is 70.1 Å². The smallest absolute Gasteiger partial charge is 0.191 e. The lowest BCUT2D eigenvalue weighted by Crippen LogP contribution is -2.42. The van der Waals surface area contributed by atoms with Gasteiger partial charge < -0.3 is 15.4 Å². The van der Waals surface area contributed by atoms with Crippen molar-refractivity contribution < 1.29 is 13.2 Å². The minimum absolute atomic E-state index is 0.0930. The molecule has 0 saturated heterocycles. The highest BCUT2D eigenvalue weighted by atomic mass is 32.2. The van der Waals surface area contributed by atoms with Gasteiger partial charge in [-0.2, -0.15) is 0 Å². The van der Waals surface area contributed by atoms with E-state index in [0.29, 0.717) is 31.8 Å². The maximum atomic E-state index is 12.1. The summed E-state index contributed by atoms with van der Waals surface area (Å²) in [6.07, 6.45) is 7.90. The highest BCUT2D eigenvalue weighted by Gasteiger charge is 2.28. The van der Waals surface area contributed by atoms with E-state index >= 15 is 0 Å². The van der Waals surface area contributed by atoms with Gasteiger partial charge in [0, 0.05) is 20.1 Å². The molecule has 7 heteroatoms. The molecular weight excluding hydrogens is 326 g/mol. The SMILES string of the molecule is CN=C(NCCOC1CCCCCC1)NCCS(=O)(=O)C(C)(C)C. The normalized spacial score (nSPS) is 18.2. The first-order chi connectivity index (χ1) is 11.3. The summed E-state index contributed by atoms with van der Waals surface area (Å²) in [5, 5.41) is 6.22. The topological polar surface area (TPSA) is 79.8 Å². The maximum absolute atomic E-state index is 12.1. The van der Waals surface area contributed by atoms with Crippen molar-refractivity contribution in [2.24, 2.45) is 4.99 Å². The molecule has 142 valence electrons. The Bertz CT molecular complexity index is 476. The van der Waals surface area contributed by atoms with Gasteiger partial charge >= 0.3 is 0 Å².